The minimum Gasteiger partial charge on any atom is -0.435 e. The number of carbonyl (C=O) groups is 1. The molecule has 1 rings (SSSR count). The molecule has 0 N–H and O–H groups in total. The van der Waals surface area contributed by atoms with E-state index in [1.54, 1.807) is 0 Å². The zero-order chi connectivity index (χ0) is 8.48. The molecule has 1 aliphatic heterocycles. The van der Waals surface area contributed by atoms with Gasteiger partial charge >= 0.3 is 12.3 Å². The summed E-state index contributed by atoms with van der Waals surface area (Å²) in [6.07, 6.45) is -5.45. The number of hydrogen-bond acceptors (Lipinski definition) is 3. The predicted molar refractivity (Wildman–Crippen MR) is 25.9 cm³/mol. The van der Waals surface area contributed by atoms with Crippen molar-refractivity contribution in [1.82, 2.24) is 0 Å². The molecule has 0 amide bonds. The summed E-state index contributed by atoms with van der Waals surface area (Å²) in [7, 11) is 0. The van der Waals surface area contributed by atoms with Crippen molar-refractivity contribution < 1.29 is 27.4 Å². The Morgan fingerprint density at radius 3 is 2.64 bits per heavy atom. The van der Waals surface area contributed by atoms with Crippen LogP contribution in [0.4, 0.5) is 13.2 Å². The molecular formula is C5H4F3O3. The van der Waals surface area contributed by atoms with Crippen molar-refractivity contribution in [2.75, 3.05) is 0 Å². The first kappa shape index (κ1) is 8.32. The van der Waals surface area contributed by atoms with Gasteiger partial charge in [0, 0.05) is 6.42 Å². The van der Waals surface area contributed by atoms with Crippen LogP contribution in [0.25, 0.3) is 0 Å². The smallest absolute Gasteiger partial charge is 0.435 e. The number of esters is 1. The van der Waals surface area contributed by atoms with Gasteiger partial charge in [0.1, 0.15) is 0 Å². The second-order valence-electron chi connectivity index (χ2n) is 1.86. The predicted octanol–water partition coefficient (Wildman–Crippen LogP) is 1.00. The summed E-state index contributed by atoms with van der Waals surface area (Å²) in [6.45, 7) is 0. The number of cyclic esters (lactones) is 1. The molecule has 1 heterocycles. The average molecular weight is 169 g/mol. The molecule has 1 atom stereocenters. The van der Waals surface area contributed by atoms with E-state index in [0.29, 0.717) is 0 Å². The summed E-state index contributed by atoms with van der Waals surface area (Å²) < 4.78 is 41.7. The largest absolute Gasteiger partial charge is 0.525 e. The van der Waals surface area contributed by atoms with Gasteiger partial charge in [-0.05, 0) is 0 Å². The van der Waals surface area contributed by atoms with Gasteiger partial charge in [-0.2, -0.15) is 0 Å². The maximum absolute atomic E-state index is 11.4. The molecule has 6 heteroatoms. The second kappa shape index (κ2) is 2.69. The summed E-state index contributed by atoms with van der Waals surface area (Å²) in [6, 6.07) is 0. The molecule has 3 nitrogen and oxygen atoms in total. The van der Waals surface area contributed by atoms with Crippen LogP contribution in [-0.2, 0) is 14.3 Å². The first-order valence-electron chi connectivity index (χ1n) is 2.75. The molecule has 1 unspecified atom stereocenters. The van der Waals surface area contributed by atoms with Crippen LogP contribution in [0.15, 0.2) is 0 Å². The van der Waals surface area contributed by atoms with Crippen molar-refractivity contribution in [2.24, 2.45) is 0 Å². The number of rotatable bonds is 1. The maximum atomic E-state index is 11.4. The molecule has 1 radical (unpaired) electrons. The Morgan fingerprint density at radius 2 is 2.27 bits per heavy atom. The van der Waals surface area contributed by atoms with Crippen molar-refractivity contribution in [3.8, 4) is 0 Å². The van der Waals surface area contributed by atoms with Crippen molar-refractivity contribution in [1.29, 1.82) is 0 Å². The van der Waals surface area contributed by atoms with Crippen molar-refractivity contribution in [3.05, 3.63) is 6.42 Å². The van der Waals surface area contributed by atoms with Gasteiger partial charge in [0.25, 0.3) is 0 Å². The maximum Gasteiger partial charge on any atom is 0.525 e. The van der Waals surface area contributed by atoms with E-state index in [2.05, 4.69) is 9.47 Å². The zero-order valence-corrected chi connectivity index (χ0v) is 5.22. The number of alkyl halides is 3. The Morgan fingerprint density at radius 1 is 1.64 bits per heavy atom. The lowest BCUT2D eigenvalue weighted by molar-refractivity contribution is -0.362. The van der Waals surface area contributed by atoms with Crippen LogP contribution in [0.2, 0.25) is 0 Å². The van der Waals surface area contributed by atoms with E-state index in [9.17, 15) is 18.0 Å². The fourth-order valence-corrected chi connectivity index (χ4v) is 0.622. The van der Waals surface area contributed by atoms with Crippen LogP contribution in [-0.4, -0.2) is 18.6 Å². The van der Waals surface area contributed by atoms with Gasteiger partial charge in [0.05, 0.1) is 6.42 Å². The van der Waals surface area contributed by atoms with E-state index in [0.717, 1.165) is 6.42 Å². The highest BCUT2D eigenvalue weighted by atomic mass is 19.4. The highest BCUT2D eigenvalue weighted by Crippen LogP contribution is 2.24. The van der Waals surface area contributed by atoms with Crippen molar-refractivity contribution >= 4 is 5.97 Å². The molecule has 1 fully saturated rings. The molecular weight excluding hydrogens is 165 g/mol. The third kappa shape index (κ3) is 2.75. The highest BCUT2D eigenvalue weighted by Gasteiger charge is 2.38. The number of carbonyl (C=O) groups excluding carboxylic acids is 1. The fraction of sp³-hybridized carbons (Fsp3) is 0.600. The molecule has 11 heavy (non-hydrogen) atoms. The standard InChI is InChI=1S/C5H4F3O3/c6-5(7,8)11-4-2-1-3(9)10-4/h2,4H,1H2. The van der Waals surface area contributed by atoms with E-state index in [-0.39, 0.29) is 6.42 Å². The molecule has 0 aromatic rings. The molecule has 0 aromatic heterocycles. The Hall–Kier alpha value is -0.780. The minimum absolute atomic E-state index is 0.138. The normalized spacial score (nSPS) is 25.4. The third-order valence-corrected chi connectivity index (χ3v) is 0.974. The van der Waals surface area contributed by atoms with Gasteiger partial charge in [-0.25, -0.2) is 0 Å². The molecule has 0 aliphatic carbocycles. The quantitative estimate of drug-likeness (QED) is 0.549. The van der Waals surface area contributed by atoms with E-state index < -0.39 is 18.6 Å². The fourth-order valence-electron chi connectivity index (χ4n) is 0.622. The van der Waals surface area contributed by atoms with Crippen LogP contribution in [0, 0.1) is 6.42 Å². The van der Waals surface area contributed by atoms with Crippen LogP contribution in [0.3, 0.4) is 0 Å². The minimum atomic E-state index is -4.76. The van der Waals surface area contributed by atoms with Crippen LogP contribution >= 0.6 is 0 Å². The number of ether oxygens (including phenoxy) is 2. The highest BCUT2D eigenvalue weighted by molar-refractivity contribution is 5.73. The van der Waals surface area contributed by atoms with Gasteiger partial charge < -0.3 is 4.74 Å². The van der Waals surface area contributed by atoms with Gasteiger partial charge in [0.2, 0.25) is 6.29 Å². The number of hydrogen-bond donors (Lipinski definition) is 0. The summed E-state index contributed by atoms with van der Waals surface area (Å²) in [5.74, 6) is -0.709. The number of halogens is 3. The summed E-state index contributed by atoms with van der Waals surface area (Å²) >= 11 is 0. The van der Waals surface area contributed by atoms with Crippen molar-refractivity contribution in [3.63, 3.8) is 0 Å². The monoisotopic (exact) mass is 169 g/mol. The first-order chi connectivity index (χ1) is 4.97. The zero-order valence-electron chi connectivity index (χ0n) is 5.22. The summed E-state index contributed by atoms with van der Waals surface area (Å²) in [5.41, 5.74) is 0. The van der Waals surface area contributed by atoms with Crippen molar-refractivity contribution in [2.45, 2.75) is 19.1 Å². The van der Waals surface area contributed by atoms with E-state index >= 15 is 0 Å². The van der Waals surface area contributed by atoms with Crippen LogP contribution < -0.4 is 0 Å². The van der Waals surface area contributed by atoms with Gasteiger partial charge in [0.15, 0.2) is 0 Å². The Kier molecular flexibility index (Phi) is 2.03. The molecule has 0 spiro atoms. The lowest BCUT2D eigenvalue weighted by Crippen LogP contribution is -2.23. The summed E-state index contributed by atoms with van der Waals surface area (Å²) in [4.78, 5) is 10.2. The Bertz CT molecular complexity index is 165. The lowest BCUT2D eigenvalue weighted by atomic mass is 10.3. The Balaban J connectivity index is 2.34. The first-order valence-corrected chi connectivity index (χ1v) is 2.75. The molecule has 63 valence electrons. The van der Waals surface area contributed by atoms with E-state index in [1.165, 1.54) is 0 Å². The molecule has 1 aliphatic rings. The van der Waals surface area contributed by atoms with Gasteiger partial charge in [-0.15, -0.1) is 13.2 Å². The average Bonchev–Trinajstić information content (AvgIpc) is 2.10. The topological polar surface area (TPSA) is 35.5 Å². The molecule has 0 bridgehead atoms. The lowest BCUT2D eigenvalue weighted by Gasteiger charge is -2.11. The van der Waals surface area contributed by atoms with Crippen LogP contribution in [0.1, 0.15) is 6.42 Å². The molecule has 0 aromatic carbocycles. The second-order valence-corrected chi connectivity index (χ2v) is 1.86. The summed E-state index contributed by atoms with van der Waals surface area (Å²) in [5, 5.41) is 0. The molecule has 0 saturated carbocycles. The van der Waals surface area contributed by atoms with Gasteiger partial charge in [-0.3, -0.25) is 9.53 Å². The third-order valence-electron chi connectivity index (χ3n) is 0.974. The Labute approximate surface area is 60.1 Å². The van der Waals surface area contributed by atoms with E-state index in [4.69, 9.17) is 0 Å². The van der Waals surface area contributed by atoms with Gasteiger partial charge in [-0.1, -0.05) is 0 Å². The SMILES string of the molecule is O=C1C[CH]C(OC(F)(F)F)O1. The van der Waals surface area contributed by atoms with Crippen LogP contribution in [0.5, 0.6) is 0 Å². The molecule has 1 saturated heterocycles. The van der Waals surface area contributed by atoms with E-state index in [1.807, 2.05) is 0 Å².